The van der Waals surface area contributed by atoms with Crippen LogP contribution in [-0.4, -0.2) is 50.9 Å². The molecule has 0 unspecified atom stereocenters. The van der Waals surface area contributed by atoms with Crippen LogP contribution < -0.4 is 0 Å². The maximum absolute atomic E-state index is 6.46. The van der Waals surface area contributed by atoms with Gasteiger partial charge in [-0.2, -0.15) is 0 Å². The van der Waals surface area contributed by atoms with E-state index in [0.717, 1.165) is 112 Å². The Labute approximate surface area is 317 Å². The number of benzene rings is 2. The Bertz CT molecular complexity index is 2050. The van der Waals surface area contributed by atoms with Gasteiger partial charge in [0, 0.05) is 85.2 Å². The Kier molecular flexibility index (Phi) is 9.53. The number of pyridine rings is 3. The summed E-state index contributed by atoms with van der Waals surface area (Å²) in [4.78, 5) is 19.8. The quantitative estimate of drug-likeness (QED) is 0.185. The fourth-order valence-electron chi connectivity index (χ4n) is 8.96. The van der Waals surface area contributed by atoms with Gasteiger partial charge in [0.25, 0.3) is 0 Å². The predicted molar refractivity (Wildman–Crippen MR) is 211 cm³/mol. The van der Waals surface area contributed by atoms with Crippen LogP contribution in [0.3, 0.4) is 0 Å². The molecule has 4 aliphatic rings. The van der Waals surface area contributed by atoms with Gasteiger partial charge in [0.2, 0.25) is 0 Å². The van der Waals surface area contributed by atoms with Gasteiger partial charge in [-0.05, 0) is 132 Å². The number of hydrogen-bond acceptors (Lipinski definition) is 5. The van der Waals surface area contributed by atoms with Crippen LogP contribution in [0.1, 0.15) is 81.6 Å². The number of fused-ring (bicyclic) bond motifs is 4. The number of aromatic nitrogens is 3. The van der Waals surface area contributed by atoms with Crippen LogP contribution in [0.4, 0.5) is 0 Å². The molecule has 5 aromatic rings. The van der Waals surface area contributed by atoms with Crippen LogP contribution in [0.25, 0.3) is 11.1 Å². The minimum absolute atomic E-state index is 0.811. The van der Waals surface area contributed by atoms with E-state index in [4.69, 9.17) is 38.2 Å². The van der Waals surface area contributed by atoms with E-state index in [-0.39, 0.29) is 0 Å². The molecule has 0 N–H and O–H groups in total. The molecule has 9 rings (SSSR count). The molecule has 2 fully saturated rings. The maximum Gasteiger partial charge on any atom is 0.0739 e. The molecule has 0 saturated carbocycles. The third-order valence-corrected chi connectivity index (χ3v) is 12.0. The molecular weight excluding hydrogens is 681 g/mol. The van der Waals surface area contributed by atoms with E-state index >= 15 is 0 Å². The Morgan fingerprint density at radius 1 is 0.500 bits per heavy atom. The van der Waals surface area contributed by atoms with Crippen LogP contribution in [0.15, 0.2) is 103 Å². The van der Waals surface area contributed by atoms with Gasteiger partial charge in [-0.15, -0.1) is 0 Å². The molecule has 262 valence electrons. The molecule has 5 nitrogen and oxygen atoms in total. The fraction of sp³-hybridized carbons (Fsp3) is 0.311. The molecule has 2 saturated heterocycles. The fourth-order valence-corrected chi connectivity index (χ4v) is 9.35. The van der Waals surface area contributed by atoms with E-state index in [9.17, 15) is 0 Å². The van der Waals surface area contributed by atoms with Crippen molar-refractivity contribution in [3.8, 4) is 0 Å². The van der Waals surface area contributed by atoms with Crippen molar-refractivity contribution in [3.05, 3.63) is 169 Å². The lowest BCUT2D eigenvalue weighted by atomic mass is 9.88. The number of halogens is 2. The van der Waals surface area contributed by atoms with Gasteiger partial charge in [-0.3, -0.25) is 24.8 Å². The summed E-state index contributed by atoms with van der Waals surface area (Å²) in [6, 6.07) is 23.8. The Balaban J connectivity index is 0.877. The standard InChI is InChI=1S/C45H43Cl2N5/c46-38-9-11-40-36(24-38)7-5-34-3-1-17-49-44(34)42(40)32-13-19-51(20-14-32)28-30-23-31(27-48-26-30)29-52-21-15-33(16-22-52)43-41-12-10-39(47)25-37(41)8-6-35-4-2-18-50-45(35)43/h1-4,9-12,17-18,23-27H,5-8,13-16,19-22,28-29H2. The van der Waals surface area contributed by atoms with Crippen LogP contribution in [-0.2, 0) is 38.8 Å². The minimum Gasteiger partial charge on any atom is -0.298 e. The zero-order valence-corrected chi connectivity index (χ0v) is 31.1. The van der Waals surface area contributed by atoms with Gasteiger partial charge in [-0.1, -0.05) is 64.7 Å². The Hall–Kier alpha value is -4.13. The molecule has 0 amide bonds. The molecule has 52 heavy (non-hydrogen) atoms. The first-order chi connectivity index (χ1) is 25.6. The van der Waals surface area contributed by atoms with Crippen molar-refractivity contribution in [3.63, 3.8) is 0 Å². The van der Waals surface area contributed by atoms with Crippen molar-refractivity contribution < 1.29 is 0 Å². The number of likely N-dealkylation sites (tertiary alicyclic amines) is 2. The van der Waals surface area contributed by atoms with Crippen molar-refractivity contribution in [1.29, 1.82) is 0 Å². The van der Waals surface area contributed by atoms with Gasteiger partial charge in [0.05, 0.1) is 11.4 Å². The number of rotatable bonds is 4. The number of hydrogen-bond donors (Lipinski definition) is 0. The SMILES string of the molecule is Clc1ccc2c(c1)CCc1cccnc1C2=C1CCN(Cc2cncc(CN3CCC(=C4c5ccc(Cl)cc5CCc5cccnc54)CC3)c2)CC1. The summed E-state index contributed by atoms with van der Waals surface area (Å²) in [5.74, 6) is 0. The van der Waals surface area contributed by atoms with E-state index in [1.54, 1.807) is 0 Å². The average molecular weight is 725 g/mol. The van der Waals surface area contributed by atoms with Crippen LogP contribution in [0, 0.1) is 0 Å². The zero-order valence-electron chi connectivity index (χ0n) is 29.6. The smallest absolute Gasteiger partial charge is 0.0739 e. The lowest BCUT2D eigenvalue weighted by Crippen LogP contribution is -2.31. The summed E-state index contributed by atoms with van der Waals surface area (Å²) in [5.41, 5.74) is 18.6. The van der Waals surface area contributed by atoms with Crippen LogP contribution in [0.2, 0.25) is 10.0 Å². The van der Waals surface area contributed by atoms with Gasteiger partial charge < -0.3 is 0 Å². The summed E-state index contributed by atoms with van der Waals surface area (Å²) in [5, 5.41) is 1.62. The highest BCUT2D eigenvalue weighted by molar-refractivity contribution is 6.31. The molecule has 2 aromatic carbocycles. The van der Waals surface area contributed by atoms with Crippen molar-refractivity contribution in [2.45, 2.75) is 64.5 Å². The molecule has 5 heterocycles. The second kappa shape index (κ2) is 14.7. The molecule has 2 aliphatic carbocycles. The molecule has 0 atom stereocenters. The van der Waals surface area contributed by atoms with Crippen molar-refractivity contribution in [2.75, 3.05) is 26.2 Å². The topological polar surface area (TPSA) is 45.2 Å². The van der Waals surface area contributed by atoms with Gasteiger partial charge in [-0.25, -0.2) is 0 Å². The molecule has 7 heteroatoms. The molecule has 2 aliphatic heterocycles. The Morgan fingerprint density at radius 3 is 1.40 bits per heavy atom. The van der Waals surface area contributed by atoms with E-state index in [0.29, 0.717) is 0 Å². The second-order valence-electron chi connectivity index (χ2n) is 14.8. The number of aryl methyl sites for hydroxylation is 4. The highest BCUT2D eigenvalue weighted by Gasteiger charge is 2.27. The summed E-state index contributed by atoms with van der Waals surface area (Å²) in [7, 11) is 0. The molecule has 0 radical (unpaired) electrons. The molecule has 0 bridgehead atoms. The average Bonchev–Trinajstić information content (AvgIpc) is 3.43. The van der Waals surface area contributed by atoms with Crippen LogP contribution in [0.5, 0.6) is 0 Å². The lowest BCUT2D eigenvalue weighted by Gasteiger charge is -2.31. The third kappa shape index (κ3) is 6.88. The highest BCUT2D eigenvalue weighted by atomic mass is 35.5. The summed E-state index contributed by atoms with van der Waals surface area (Å²) >= 11 is 12.9. The monoisotopic (exact) mass is 723 g/mol. The highest BCUT2D eigenvalue weighted by Crippen LogP contribution is 2.40. The first-order valence-electron chi connectivity index (χ1n) is 18.8. The van der Waals surface area contributed by atoms with E-state index in [2.05, 4.69) is 76.8 Å². The first kappa shape index (κ1) is 33.7. The van der Waals surface area contributed by atoms with E-state index < -0.39 is 0 Å². The van der Waals surface area contributed by atoms with Crippen molar-refractivity contribution in [1.82, 2.24) is 24.8 Å². The third-order valence-electron chi connectivity index (χ3n) is 11.5. The van der Waals surface area contributed by atoms with E-state index in [1.807, 2.05) is 24.5 Å². The lowest BCUT2D eigenvalue weighted by molar-refractivity contribution is 0.244. The first-order valence-corrected chi connectivity index (χ1v) is 19.6. The number of piperidine rings is 2. The van der Waals surface area contributed by atoms with Crippen molar-refractivity contribution >= 4 is 34.3 Å². The largest absolute Gasteiger partial charge is 0.298 e. The zero-order chi connectivity index (χ0) is 35.0. The van der Waals surface area contributed by atoms with E-state index in [1.165, 1.54) is 66.8 Å². The van der Waals surface area contributed by atoms with Crippen molar-refractivity contribution in [2.24, 2.45) is 0 Å². The molecule has 3 aromatic heterocycles. The van der Waals surface area contributed by atoms with Gasteiger partial charge in [0.1, 0.15) is 0 Å². The van der Waals surface area contributed by atoms with Crippen LogP contribution >= 0.6 is 23.2 Å². The number of nitrogens with zero attached hydrogens (tertiary/aromatic N) is 5. The maximum atomic E-state index is 6.46. The normalized spacial score (nSPS) is 17.9. The summed E-state index contributed by atoms with van der Waals surface area (Å²) in [6.45, 7) is 5.99. The summed E-state index contributed by atoms with van der Waals surface area (Å²) < 4.78 is 0. The van der Waals surface area contributed by atoms with Gasteiger partial charge >= 0.3 is 0 Å². The summed E-state index contributed by atoms with van der Waals surface area (Å²) in [6.07, 6.45) is 16.2. The predicted octanol–water partition coefficient (Wildman–Crippen LogP) is 9.57. The second-order valence-corrected chi connectivity index (χ2v) is 15.7. The van der Waals surface area contributed by atoms with Gasteiger partial charge in [0.15, 0.2) is 0 Å². The molecule has 0 spiro atoms. The minimum atomic E-state index is 0.811. The molecular formula is C45H43Cl2N5. The Morgan fingerprint density at radius 2 is 0.942 bits per heavy atom.